The summed E-state index contributed by atoms with van der Waals surface area (Å²) in [5.41, 5.74) is 0.829. The van der Waals surface area contributed by atoms with Gasteiger partial charge < -0.3 is 10.2 Å². The molecule has 1 N–H and O–H groups in total. The van der Waals surface area contributed by atoms with Crippen molar-refractivity contribution in [2.45, 2.75) is 13.3 Å². The largest absolute Gasteiger partial charge is 0.354 e. The average Bonchev–Trinajstić information content (AvgIpc) is 2.28. The molecule has 0 atom stereocenters. The number of benzene rings is 1. The number of likely N-dealkylation sites (N-methyl/N-ethyl adjacent to an activating group) is 1. The quantitative estimate of drug-likeness (QED) is 0.848. The van der Waals surface area contributed by atoms with Gasteiger partial charge in [0.25, 0.3) is 0 Å². The summed E-state index contributed by atoms with van der Waals surface area (Å²) in [6, 6.07) is 6.25. The summed E-state index contributed by atoms with van der Waals surface area (Å²) in [5.74, 6) is -0.658. The highest BCUT2D eigenvalue weighted by Crippen LogP contribution is 2.03. The SMILES string of the molecule is CC(=O)N(C)CC(=O)NCCc1cccc(F)c1. The zero-order chi connectivity index (χ0) is 13.5. The second-order valence-electron chi connectivity index (χ2n) is 4.10. The van der Waals surface area contributed by atoms with E-state index in [0.717, 1.165) is 5.56 Å². The van der Waals surface area contributed by atoms with Gasteiger partial charge in [0.15, 0.2) is 0 Å². The van der Waals surface area contributed by atoms with Crippen molar-refractivity contribution in [1.29, 1.82) is 0 Å². The highest BCUT2D eigenvalue weighted by atomic mass is 19.1. The fraction of sp³-hybridized carbons (Fsp3) is 0.385. The van der Waals surface area contributed by atoms with Crippen LogP contribution in [0.1, 0.15) is 12.5 Å². The molecule has 1 aromatic rings. The molecule has 0 heterocycles. The van der Waals surface area contributed by atoms with Gasteiger partial charge >= 0.3 is 0 Å². The highest BCUT2D eigenvalue weighted by molar-refractivity contribution is 5.83. The first-order valence-electron chi connectivity index (χ1n) is 5.72. The van der Waals surface area contributed by atoms with Crippen molar-refractivity contribution in [3.8, 4) is 0 Å². The van der Waals surface area contributed by atoms with Crippen LogP contribution in [0.15, 0.2) is 24.3 Å². The zero-order valence-corrected chi connectivity index (χ0v) is 10.6. The van der Waals surface area contributed by atoms with Gasteiger partial charge in [0.2, 0.25) is 11.8 Å². The van der Waals surface area contributed by atoms with Gasteiger partial charge in [-0.3, -0.25) is 9.59 Å². The Balaban J connectivity index is 2.29. The van der Waals surface area contributed by atoms with E-state index in [4.69, 9.17) is 0 Å². The van der Waals surface area contributed by atoms with Crippen molar-refractivity contribution in [2.75, 3.05) is 20.1 Å². The molecule has 98 valence electrons. The molecule has 0 bridgehead atoms. The number of amides is 2. The Morgan fingerprint density at radius 1 is 1.39 bits per heavy atom. The second-order valence-corrected chi connectivity index (χ2v) is 4.10. The van der Waals surface area contributed by atoms with E-state index in [1.165, 1.54) is 24.0 Å². The third-order valence-corrected chi connectivity index (χ3v) is 2.54. The molecule has 0 saturated heterocycles. The lowest BCUT2D eigenvalue weighted by Crippen LogP contribution is -2.38. The van der Waals surface area contributed by atoms with Crippen LogP contribution in [0, 0.1) is 5.82 Å². The first-order chi connectivity index (χ1) is 8.49. The van der Waals surface area contributed by atoms with Crippen LogP contribution < -0.4 is 5.32 Å². The maximum absolute atomic E-state index is 12.9. The van der Waals surface area contributed by atoms with Crippen molar-refractivity contribution in [3.63, 3.8) is 0 Å². The zero-order valence-electron chi connectivity index (χ0n) is 10.6. The standard InChI is InChI=1S/C13H17FN2O2/c1-10(17)16(2)9-13(18)15-7-6-11-4-3-5-12(14)8-11/h3-5,8H,6-7,9H2,1-2H3,(H,15,18). The molecule has 2 amide bonds. The van der Waals surface area contributed by atoms with Crippen molar-refractivity contribution in [3.05, 3.63) is 35.6 Å². The van der Waals surface area contributed by atoms with E-state index < -0.39 is 0 Å². The Labute approximate surface area is 106 Å². The Bertz CT molecular complexity index is 435. The molecule has 0 unspecified atom stereocenters. The van der Waals surface area contributed by atoms with Crippen molar-refractivity contribution in [1.82, 2.24) is 10.2 Å². The predicted octanol–water partition coefficient (Wildman–Crippen LogP) is 0.963. The number of hydrogen-bond acceptors (Lipinski definition) is 2. The predicted molar refractivity (Wildman–Crippen MR) is 66.4 cm³/mol. The Kier molecular flexibility index (Phi) is 5.30. The summed E-state index contributed by atoms with van der Waals surface area (Å²) in [6.07, 6.45) is 0.563. The number of hydrogen-bond donors (Lipinski definition) is 1. The van der Waals surface area contributed by atoms with Gasteiger partial charge in [-0.1, -0.05) is 12.1 Å². The van der Waals surface area contributed by atoms with Crippen LogP contribution in [0.5, 0.6) is 0 Å². The van der Waals surface area contributed by atoms with Crippen LogP contribution in [0.3, 0.4) is 0 Å². The lowest BCUT2D eigenvalue weighted by Gasteiger charge is -2.14. The molecule has 0 radical (unpaired) electrons. The van der Waals surface area contributed by atoms with E-state index in [2.05, 4.69) is 5.32 Å². The van der Waals surface area contributed by atoms with Crippen LogP contribution >= 0.6 is 0 Å². The van der Waals surface area contributed by atoms with Gasteiger partial charge in [0, 0.05) is 20.5 Å². The van der Waals surface area contributed by atoms with Crippen LogP contribution in [0.4, 0.5) is 4.39 Å². The summed E-state index contributed by atoms with van der Waals surface area (Å²) < 4.78 is 12.9. The summed E-state index contributed by atoms with van der Waals surface area (Å²) in [5, 5.41) is 2.68. The molecular weight excluding hydrogens is 235 g/mol. The number of nitrogens with zero attached hydrogens (tertiary/aromatic N) is 1. The highest BCUT2D eigenvalue weighted by Gasteiger charge is 2.07. The minimum Gasteiger partial charge on any atom is -0.354 e. The second kappa shape index (κ2) is 6.74. The van der Waals surface area contributed by atoms with Crippen LogP contribution in [-0.2, 0) is 16.0 Å². The van der Waals surface area contributed by atoms with Crippen molar-refractivity contribution < 1.29 is 14.0 Å². The molecule has 0 saturated carbocycles. The Morgan fingerprint density at radius 3 is 2.72 bits per heavy atom. The van der Waals surface area contributed by atoms with E-state index in [0.29, 0.717) is 13.0 Å². The number of carbonyl (C=O) groups is 2. The van der Waals surface area contributed by atoms with Crippen LogP contribution in [-0.4, -0.2) is 36.9 Å². The number of carbonyl (C=O) groups excluding carboxylic acids is 2. The smallest absolute Gasteiger partial charge is 0.239 e. The van der Waals surface area contributed by atoms with E-state index in [9.17, 15) is 14.0 Å². The molecule has 0 fully saturated rings. The topological polar surface area (TPSA) is 49.4 Å². The molecular formula is C13H17FN2O2. The molecule has 0 aliphatic heterocycles. The van der Waals surface area contributed by atoms with E-state index in [-0.39, 0.29) is 24.2 Å². The summed E-state index contributed by atoms with van der Waals surface area (Å²) in [4.78, 5) is 23.7. The third-order valence-electron chi connectivity index (χ3n) is 2.54. The van der Waals surface area contributed by atoms with E-state index >= 15 is 0 Å². The number of rotatable bonds is 5. The van der Waals surface area contributed by atoms with Crippen LogP contribution in [0.2, 0.25) is 0 Å². The van der Waals surface area contributed by atoms with Gasteiger partial charge in [0.1, 0.15) is 5.82 Å². The lowest BCUT2D eigenvalue weighted by molar-refractivity contribution is -0.133. The molecule has 4 nitrogen and oxygen atoms in total. The van der Waals surface area contributed by atoms with Gasteiger partial charge in [-0.05, 0) is 24.1 Å². The van der Waals surface area contributed by atoms with E-state index in [1.807, 2.05) is 0 Å². The van der Waals surface area contributed by atoms with Gasteiger partial charge in [-0.15, -0.1) is 0 Å². The maximum atomic E-state index is 12.9. The van der Waals surface area contributed by atoms with Crippen LogP contribution in [0.25, 0.3) is 0 Å². The number of halogens is 1. The molecule has 18 heavy (non-hydrogen) atoms. The number of nitrogens with one attached hydrogen (secondary N) is 1. The molecule has 0 aliphatic rings. The maximum Gasteiger partial charge on any atom is 0.239 e. The molecule has 1 rings (SSSR count). The molecule has 0 aromatic heterocycles. The molecule has 0 aliphatic carbocycles. The fourth-order valence-electron chi connectivity index (χ4n) is 1.42. The summed E-state index contributed by atoms with van der Waals surface area (Å²) in [7, 11) is 1.56. The lowest BCUT2D eigenvalue weighted by atomic mass is 10.1. The molecule has 0 spiro atoms. The molecule has 1 aromatic carbocycles. The Morgan fingerprint density at radius 2 is 2.11 bits per heavy atom. The fourth-order valence-corrected chi connectivity index (χ4v) is 1.42. The first-order valence-corrected chi connectivity index (χ1v) is 5.72. The molecule has 5 heteroatoms. The Hall–Kier alpha value is -1.91. The monoisotopic (exact) mass is 252 g/mol. The summed E-state index contributed by atoms with van der Waals surface area (Å²) >= 11 is 0. The van der Waals surface area contributed by atoms with Crippen molar-refractivity contribution in [2.24, 2.45) is 0 Å². The van der Waals surface area contributed by atoms with Crippen molar-refractivity contribution >= 4 is 11.8 Å². The van der Waals surface area contributed by atoms with Gasteiger partial charge in [-0.2, -0.15) is 0 Å². The average molecular weight is 252 g/mol. The first kappa shape index (κ1) is 14.2. The normalized spacial score (nSPS) is 9.94. The third kappa shape index (κ3) is 4.95. The minimum atomic E-state index is -0.282. The summed E-state index contributed by atoms with van der Waals surface area (Å²) in [6.45, 7) is 1.87. The van der Waals surface area contributed by atoms with Gasteiger partial charge in [-0.25, -0.2) is 4.39 Å². The van der Waals surface area contributed by atoms with E-state index in [1.54, 1.807) is 19.2 Å². The van der Waals surface area contributed by atoms with Gasteiger partial charge in [0.05, 0.1) is 6.54 Å². The minimum absolute atomic E-state index is 0.0402.